The molecule has 1 aliphatic rings. The fourth-order valence-corrected chi connectivity index (χ4v) is 1.79. The van der Waals surface area contributed by atoms with Gasteiger partial charge in [-0.15, -0.1) is 0 Å². The minimum Gasteiger partial charge on any atom is -0.454 e. The lowest BCUT2D eigenvalue weighted by atomic mass is 10.1. The molecule has 0 amide bonds. The lowest BCUT2D eigenvalue weighted by molar-refractivity contribution is 0.173. The number of aromatic nitrogens is 1. The van der Waals surface area contributed by atoms with Crippen molar-refractivity contribution in [1.29, 1.82) is 0 Å². The van der Waals surface area contributed by atoms with E-state index < -0.39 is 0 Å². The third-order valence-corrected chi connectivity index (χ3v) is 2.58. The predicted molar refractivity (Wildman–Crippen MR) is 57.2 cm³/mol. The molecule has 0 saturated carbocycles. The van der Waals surface area contributed by atoms with Crippen LogP contribution in [0.15, 0.2) is 22.7 Å². The number of rotatable bonds is 1. The van der Waals surface area contributed by atoms with Crippen LogP contribution in [0, 0.1) is 6.92 Å². The maximum Gasteiger partial charge on any atom is 0.231 e. The van der Waals surface area contributed by atoms with Crippen LogP contribution in [-0.2, 0) is 0 Å². The Morgan fingerprint density at radius 2 is 2.19 bits per heavy atom. The lowest BCUT2D eigenvalue weighted by Gasteiger charge is -2.04. The monoisotopic (exact) mass is 218 g/mol. The summed E-state index contributed by atoms with van der Waals surface area (Å²) in [6.45, 7) is 2.21. The fraction of sp³-hybridized carbons (Fsp3) is 0.182. The van der Waals surface area contributed by atoms with Crippen LogP contribution in [-0.4, -0.2) is 11.9 Å². The van der Waals surface area contributed by atoms with Crippen LogP contribution in [0.4, 0.5) is 5.82 Å². The highest BCUT2D eigenvalue weighted by Crippen LogP contribution is 2.40. The molecule has 5 heteroatoms. The third kappa shape index (κ3) is 1.21. The Morgan fingerprint density at radius 1 is 1.31 bits per heavy atom. The number of hydrogen-bond acceptors (Lipinski definition) is 5. The van der Waals surface area contributed by atoms with Crippen molar-refractivity contribution < 1.29 is 14.0 Å². The summed E-state index contributed by atoms with van der Waals surface area (Å²) in [4.78, 5) is 0. The van der Waals surface area contributed by atoms with Crippen LogP contribution in [0.1, 0.15) is 5.56 Å². The zero-order valence-electron chi connectivity index (χ0n) is 8.69. The Hall–Kier alpha value is -2.17. The molecule has 1 aromatic carbocycles. The summed E-state index contributed by atoms with van der Waals surface area (Å²) in [5.74, 6) is 2.52. The van der Waals surface area contributed by atoms with Crippen LogP contribution in [0.25, 0.3) is 11.3 Å². The van der Waals surface area contributed by atoms with Crippen LogP contribution in [0.5, 0.6) is 11.5 Å². The smallest absolute Gasteiger partial charge is 0.231 e. The SMILES string of the molecule is Cc1c(-c2cc(N)no2)ccc2c1OCO2. The van der Waals surface area contributed by atoms with E-state index in [4.69, 9.17) is 19.7 Å². The van der Waals surface area contributed by atoms with Gasteiger partial charge < -0.3 is 19.7 Å². The van der Waals surface area contributed by atoms with E-state index in [1.54, 1.807) is 6.07 Å². The van der Waals surface area contributed by atoms with E-state index in [1.807, 2.05) is 19.1 Å². The lowest BCUT2D eigenvalue weighted by Crippen LogP contribution is -1.93. The number of nitrogen functional groups attached to an aromatic ring is 1. The minimum absolute atomic E-state index is 0.262. The molecule has 2 N–H and O–H groups in total. The molecule has 0 atom stereocenters. The minimum atomic E-state index is 0.262. The van der Waals surface area contributed by atoms with E-state index in [1.165, 1.54) is 0 Å². The first kappa shape index (κ1) is 9.08. The molecule has 1 aromatic heterocycles. The molecule has 0 saturated heterocycles. The standard InChI is InChI=1S/C11H10N2O3/c1-6-7(9-4-10(12)13-16-9)2-3-8-11(6)15-5-14-8/h2-4H,5H2,1H3,(H2,12,13). The van der Waals surface area contributed by atoms with Gasteiger partial charge in [-0.25, -0.2) is 0 Å². The first-order chi connectivity index (χ1) is 7.75. The largest absolute Gasteiger partial charge is 0.454 e. The van der Waals surface area contributed by atoms with Crippen molar-refractivity contribution >= 4 is 5.82 Å². The van der Waals surface area contributed by atoms with Gasteiger partial charge in [0.1, 0.15) is 0 Å². The van der Waals surface area contributed by atoms with Crippen LogP contribution in [0.2, 0.25) is 0 Å². The summed E-state index contributed by atoms with van der Waals surface area (Å²) in [6.07, 6.45) is 0. The summed E-state index contributed by atoms with van der Waals surface area (Å²) in [6, 6.07) is 5.44. The number of nitrogens with two attached hydrogens (primary N) is 1. The fourth-order valence-electron chi connectivity index (χ4n) is 1.79. The number of benzene rings is 1. The van der Waals surface area contributed by atoms with Gasteiger partial charge in [0.15, 0.2) is 23.1 Å². The highest BCUT2D eigenvalue weighted by molar-refractivity contribution is 5.70. The first-order valence-corrected chi connectivity index (χ1v) is 4.87. The van der Waals surface area contributed by atoms with Gasteiger partial charge in [0.2, 0.25) is 6.79 Å². The number of hydrogen-bond donors (Lipinski definition) is 1. The predicted octanol–water partition coefficient (Wildman–Crippen LogP) is 1.96. The zero-order chi connectivity index (χ0) is 11.1. The highest BCUT2D eigenvalue weighted by atomic mass is 16.7. The molecular formula is C11H10N2O3. The molecular weight excluding hydrogens is 208 g/mol. The van der Waals surface area contributed by atoms with Gasteiger partial charge in [0.05, 0.1) is 0 Å². The van der Waals surface area contributed by atoms with Gasteiger partial charge in [-0.05, 0) is 19.1 Å². The van der Waals surface area contributed by atoms with Gasteiger partial charge in [0.25, 0.3) is 0 Å². The Labute approximate surface area is 91.7 Å². The molecule has 0 spiro atoms. The molecule has 0 aliphatic carbocycles. The average Bonchev–Trinajstić information content (AvgIpc) is 2.87. The summed E-state index contributed by atoms with van der Waals surface area (Å²) in [5.41, 5.74) is 7.39. The van der Waals surface area contributed by atoms with Crippen molar-refractivity contribution in [2.45, 2.75) is 6.92 Å². The van der Waals surface area contributed by atoms with Crippen molar-refractivity contribution in [3.63, 3.8) is 0 Å². The molecule has 0 unspecified atom stereocenters. The quantitative estimate of drug-likeness (QED) is 0.792. The normalized spacial score (nSPS) is 13.1. The maximum atomic E-state index is 5.52. The van der Waals surface area contributed by atoms with E-state index in [0.717, 1.165) is 22.6 Å². The van der Waals surface area contributed by atoms with E-state index >= 15 is 0 Å². The van der Waals surface area contributed by atoms with Crippen molar-refractivity contribution in [2.24, 2.45) is 0 Å². The van der Waals surface area contributed by atoms with E-state index in [0.29, 0.717) is 11.6 Å². The molecule has 5 nitrogen and oxygen atoms in total. The maximum absolute atomic E-state index is 5.52. The summed E-state index contributed by atoms with van der Waals surface area (Å²) >= 11 is 0. The zero-order valence-corrected chi connectivity index (χ0v) is 8.69. The summed E-state index contributed by atoms with van der Waals surface area (Å²) < 4.78 is 15.8. The van der Waals surface area contributed by atoms with Crippen molar-refractivity contribution in [1.82, 2.24) is 5.16 Å². The van der Waals surface area contributed by atoms with Gasteiger partial charge in [-0.2, -0.15) is 0 Å². The second kappa shape index (κ2) is 3.16. The number of ether oxygens (including phenoxy) is 2. The van der Waals surface area contributed by atoms with Crippen LogP contribution < -0.4 is 15.2 Å². The second-order valence-electron chi connectivity index (χ2n) is 3.59. The van der Waals surface area contributed by atoms with Gasteiger partial charge >= 0.3 is 0 Å². The van der Waals surface area contributed by atoms with Crippen LogP contribution in [0.3, 0.4) is 0 Å². The van der Waals surface area contributed by atoms with Crippen molar-refractivity contribution in [2.75, 3.05) is 12.5 Å². The Morgan fingerprint density at radius 3 is 2.94 bits per heavy atom. The molecule has 2 heterocycles. The van der Waals surface area contributed by atoms with Crippen LogP contribution >= 0.6 is 0 Å². The molecule has 0 fully saturated rings. The molecule has 0 bridgehead atoms. The van der Waals surface area contributed by atoms with Gasteiger partial charge in [-0.1, -0.05) is 5.16 Å². The molecule has 0 radical (unpaired) electrons. The Bertz CT molecular complexity index is 548. The molecule has 2 aromatic rings. The first-order valence-electron chi connectivity index (χ1n) is 4.87. The van der Waals surface area contributed by atoms with Gasteiger partial charge in [0, 0.05) is 17.2 Å². The highest BCUT2D eigenvalue weighted by Gasteiger charge is 2.20. The number of anilines is 1. The molecule has 3 rings (SSSR count). The summed E-state index contributed by atoms with van der Waals surface area (Å²) in [7, 11) is 0. The van der Waals surface area contributed by atoms with E-state index in [-0.39, 0.29) is 6.79 Å². The van der Waals surface area contributed by atoms with E-state index in [9.17, 15) is 0 Å². The molecule has 82 valence electrons. The third-order valence-electron chi connectivity index (χ3n) is 2.58. The van der Waals surface area contributed by atoms with Gasteiger partial charge in [-0.3, -0.25) is 0 Å². The topological polar surface area (TPSA) is 70.5 Å². The number of nitrogens with zero attached hydrogens (tertiary/aromatic N) is 1. The van der Waals surface area contributed by atoms with E-state index in [2.05, 4.69) is 5.16 Å². The Kier molecular flexibility index (Phi) is 1.80. The molecule has 1 aliphatic heterocycles. The molecule has 16 heavy (non-hydrogen) atoms. The second-order valence-corrected chi connectivity index (χ2v) is 3.59. The van der Waals surface area contributed by atoms with Crippen molar-refractivity contribution in [3.05, 3.63) is 23.8 Å². The van der Waals surface area contributed by atoms with Crippen molar-refractivity contribution in [3.8, 4) is 22.8 Å². The number of fused-ring (bicyclic) bond motifs is 1. The Balaban J connectivity index is 2.15. The summed E-state index contributed by atoms with van der Waals surface area (Å²) in [5, 5.41) is 3.66. The average molecular weight is 218 g/mol.